The van der Waals surface area contributed by atoms with Crippen LogP contribution in [0.5, 0.6) is 5.75 Å². The molecule has 38 heavy (non-hydrogen) atoms. The van der Waals surface area contributed by atoms with Crippen LogP contribution in [-0.2, 0) is 6.54 Å². The summed E-state index contributed by atoms with van der Waals surface area (Å²) in [5, 5.41) is 10.1. The van der Waals surface area contributed by atoms with Crippen LogP contribution in [0.4, 0.5) is 29.1 Å². The van der Waals surface area contributed by atoms with Gasteiger partial charge in [0.2, 0.25) is 0 Å². The quantitative estimate of drug-likeness (QED) is 0.298. The summed E-state index contributed by atoms with van der Waals surface area (Å²) in [6, 6.07) is 3.55. The third kappa shape index (κ3) is 4.63. The number of methoxy groups -OCH3 is 1. The maximum absolute atomic E-state index is 14.9. The molecule has 5 rings (SSSR count). The number of piperidine rings is 1. The molecule has 0 aliphatic carbocycles. The first-order valence-electron chi connectivity index (χ1n) is 11.7. The molecule has 1 saturated heterocycles. The summed E-state index contributed by atoms with van der Waals surface area (Å²) >= 11 is 1.16. The lowest BCUT2D eigenvalue weighted by Gasteiger charge is -2.44. The Hall–Kier alpha value is -3.49. The lowest BCUT2D eigenvalue weighted by Crippen LogP contribution is -2.63. The van der Waals surface area contributed by atoms with E-state index in [1.165, 1.54) is 13.3 Å². The number of aliphatic hydroxyl groups excluding tert-OH is 1. The molecule has 9 nitrogen and oxygen atoms in total. The Morgan fingerprint density at radius 3 is 2.74 bits per heavy atom. The fraction of sp³-hybridized carbons (Fsp3) is 0.375. The number of nitrogen functional groups attached to an aromatic ring is 1. The molecule has 3 aromatic heterocycles. The minimum absolute atomic E-state index is 0.0507. The number of imidazole rings is 1. The summed E-state index contributed by atoms with van der Waals surface area (Å²) in [4.78, 5) is 11.2. The zero-order valence-corrected chi connectivity index (χ0v) is 21.1. The third-order valence-corrected chi connectivity index (χ3v) is 7.70. The predicted octanol–water partition coefficient (Wildman–Crippen LogP) is 3.40. The van der Waals surface area contributed by atoms with E-state index in [-0.39, 0.29) is 36.5 Å². The number of aliphatic hydroxyl groups is 1. The molecule has 5 N–H and O–H groups in total. The summed E-state index contributed by atoms with van der Waals surface area (Å²) in [7, 11) is 1.24. The van der Waals surface area contributed by atoms with Gasteiger partial charge in [-0.15, -0.1) is 0 Å². The molecule has 14 heteroatoms. The largest absolute Gasteiger partial charge is 0.494 e. The van der Waals surface area contributed by atoms with Crippen molar-refractivity contribution < 1.29 is 27.4 Å². The molecule has 0 bridgehead atoms. The van der Waals surface area contributed by atoms with Crippen molar-refractivity contribution in [1.29, 1.82) is 0 Å². The Kier molecular flexibility index (Phi) is 6.88. The topological polar surface area (TPSA) is 128 Å². The van der Waals surface area contributed by atoms with Crippen LogP contribution < -0.4 is 21.1 Å². The van der Waals surface area contributed by atoms with Crippen LogP contribution in [0.2, 0.25) is 0 Å². The molecule has 0 unspecified atom stereocenters. The van der Waals surface area contributed by atoms with E-state index < -0.39 is 29.7 Å². The molecule has 202 valence electrons. The van der Waals surface area contributed by atoms with E-state index in [1.807, 2.05) is 0 Å². The molecule has 1 aliphatic heterocycles. The molecule has 0 spiro atoms. The maximum Gasteiger partial charge on any atom is 0.265 e. The highest BCUT2D eigenvalue weighted by Gasteiger charge is 2.43. The van der Waals surface area contributed by atoms with E-state index in [1.54, 1.807) is 21.9 Å². The van der Waals surface area contributed by atoms with Crippen molar-refractivity contribution in [3.63, 3.8) is 0 Å². The van der Waals surface area contributed by atoms with Crippen LogP contribution in [0.1, 0.15) is 18.4 Å². The van der Waals surface area contributed by atoms with Crippen molar-refractivity contribution in [3.05, 3.63) is 47.9 Å². The molecular weight excluding hydrogens is 526 g/mol. The predicted molar refractivity (Wildman–Crippen MR) is 135 cm³/mol. The second kappa shape index (κ2) is 10.0. The number of benzene rings is 1. The van der Waals surface area contributed by atoms with Crippen LogP contribution in [0.25, 0.3) is 21.6 Å². The smallest absolute Gasteiger partial charge is 0.265 e. The van der Waals surface area contributed by atoms with Crippen molar-refractivity contribution in [2.75, 3.05) is 30.8 Å². The van der Waals surface area contributed by atoms with Gasteiger partial charge in [0.05, 0.1) is 43.1 Å². The summed E-state index contributed by atoms with van der Waals surface area (Å²) < 4.78 is 66.9. The molecule has 0 saturated carbocycles. The Bertz CT molecular complexity index is 1480. The average Bonchev–Trinajstić information content (AvgIpc) is 3.47. The van der Waals surface area contributed by atoms with E-state index in [0.717, 1.165) is 23.7 Å². The number of anilines is 2. The lowest BCUT2D eigenvalue weighted by atomic mass is 9.84. The van der Waals surface area contributed by atoms with Gasteiger partial charge in [-0.1, -0.05) is 0 Å². The molecule has 1 aliphatic rings. The maximum atomic E-state index is 14.9. The minimum atomic E-state index is -3.00. The number of nitrogens with zero attached hydrogens (tertiary/aromatic N) is 5. The summed E-state index contributed by atoms with van der Waals surface area (Å²) in [5.74, 6) is -1.43. The number of fused-ring (bicyclic) bond motifs is 1. The van der Waals surface area contributed by atoms with Crippen molar-refractivity contribution in [3.8, 4) is 17.0 Å². The van der Waals surface area contributed by atoms with E-state index in [4.69, 9.17) is 16.2 Å². The first-order valence-corrected chi connectivity index (χ1v) is 12.5. The fourth-order valence-corrected chi connectivity index (χ4v) is 5.55. The summed E-state index contributed by atoms with van der Waals surface area (Å²) in [6.07, 6.45) is -1.27. The molecule has 4 aromatic rings. The molecule has 1 fully saturated rings. The number of ether oxygens (including phenoxy) is 1. The number of nitrogens with two attached hydrogens (primary N) is 2. The first kappa shape index (κ1) is 26.1. The zero-order valence-electron chi connectivity index (χ0n) is 20.2. The van der Waals surface area contributed by atoms with Crippen LogP contribution in [0.15, 0.2) is 30.7 Å². The van der Waals surface area contributed by atoms with Crippen molar-refractivity contribution >= 4 is 33.4 Å². The van der Waals surface area contributed by atoms with Gasteiger partial charge in [-0.25, -0.2) is 22.5 Å². The molecule has 4 heterocycles. The van der Waals surface area contributed by atoms with Gasteiger partial charge in [-0.05, 0) is 42.1 Å². The SMILES string of the molecule is COc1cc(F)c(-c2cc(Cn3cnc4c(N)nsc43)c(N3CCC[C@](N)([C@@H](O)C(F)F)C3)cn2)cc1F. The highest BCUT2D eigenvalue weighted by Crippen LogP contribution is 2.35. The number of hydrogen-bond acceptors (Lipinski definition) is 9. The number of pyridine rings is 1. The second-order valence-electron chi connectivity index (χ2n) is 9.30. The van der Waals surface area contributed by atoms with Crippen molar-refractivity contribution in [2.45, 2.75) is 37.5 Å². The molecule has 0 radical (unpaired) electrons. The van der Waals surface area contributed by atoms with Gasteiger partial charge in [-0.2, -0.15) is 4.37 Å². The number of halogens is 4. The molecule has 2 atom stereocenters. The van der Waals surface area contributed by atoms with Gasteiger partial charge >= 0.3 is 0 Å². The van der Waals surface area contributed by atoms with Gasteiger partial charge in [0.1, 0.15) is 22.3 Å². The highest BCUT2D eigenvalue weighted by molar-refractivity contribution is 7.13. The number of hydrogen-bond donors (Lipinski definition) is 3. The van der Waals surface area contributed by atoms with Gasteiger partial charge < -0.3 is 30.8 Å². The van der Waals surface area contributed by atoms with Gasteiger partial charge in [0.15, 0.2) is 17.4 Å². The zero-order chi connectivity index (χ0) is 27.2. The normalized spacial score (nSPS) is 18.9. The molecule has 0 amide bonds. The van der Waals surface area contributed by atoms with Crippen LogP contribution in [0, 0.1) is 11.6 Å². The second-order valence-corrected chi connectivity index (χ2v) is 10.0. The summed E-state index contributed by atoms with van der Waals surface area (Å²) in [6.45, 7) is 0.640. The van der Waals surface area contributed by atoms with Gasteiger partial charge in [-0.3, -0.25) is 4.98 Å². The monoisotopic (exact) mass is 551 g/mol. The lowest BCUT2D eigenvalue weighted by molar-refractivity contribution is -0.0529. The molecular formula is C24H25F4N7O2S. The van der Waals surface area contributed by atoms with E-state index in [2.05, 4.69) is 14.3 Å². The third-order valence-electron chi connectivity index (χ3n) is 6.81. The standard InChI is InChI=1S/C24H25F4N7O2S/c1-37-18-7-14(25)13(6-15(18)26)16-5-12(9-35-11-32-19-22(29)33-38-23(19)35)17(8-31-16)34-4-2-3-24(30,10-34)20(36)21(27)28/h5-8,11,20-21,36H,2-4,9-10,30H2,1H3,(H2,29,33)/t20-,24+/m0/s1. The Labute approximate surface area is 218 Å². The van der Waals surface area contributed by atoms with Crippen molar-refractivity contribution in [2.24, 2.45) is 5.73 Å². The van der Waals surface area contributed by atoms with E-state index >= 15 is 0 Å². The summed E-state index contributed by atoms with van der Waals surface area (Å²) in [5.41, 5.74) is 12.4. The van der Waals surface area contributed by atoms with Crippen LogP contribution >= 0.6 is 11.5 Å². The number of alkyl halides is 2. The average molecular weight is 552 g/mol. The van der Waals surface area contributed by atoms with Crippen molar-refractivity contribution in [1.82, 2.24) is 18.9 Å². The fourth-order valence-electron chi connectivity index (χ4n) is 4.81. The number of rotatable bonds is 7. The van der Waals surface area contributed by atoms with Crippen LogP contribution in [0.3, 0.4) is 0 Å². The molecule has 1 aromatic carbocycles. The highest BCUT2D eigenvalue weighted by atomic mass is 32.1. The number of aromatic nitrogens is 4. The Balaban J connectivity index is 1.59. The van der Waals surface area contributed by atoms with E-state index in [0.29, 0.717) is 40.4 Å². The Morgan fingerprint density at radius 2 is 2.00 bits per heavy atom. The van der Waals surface area contributed by atoms with Crippen LogP contribution in [-0.4, -0.2) is 62.3 Å². The van der Waals surface area contributed by atoms with Gasteiger partial charge in [0.25, 0.3) is 6.43 Å². The van der Waals surface area contributed by atoms with E-state index in [9.17, 15) is 22.7 Å². The van der Waals surface area contributed by atoms with Gasteiger partial charge in [0, 0.05) is 24.7 Å². The first-order chi connectivity index (χ1) is 18.1. The minimum Gasteiger partial charge on any atom is -0.494 e. The Morgan fingerprint density at radius 1 is 1.21 bits per heavy atom.